The first kappa shape index (κ1) is 31.8. The van der Waals surface area contributed by atoms with E-state index in [-0.39, 0.29) is 17.6 Å². The number of ether oxygens (including phenoxy) is 1. The van der Waals surface area contributed by atoms with Crippen molar-refractivity contribution in [2.75, 3.05) is 31.1 Å². The molecule has 6 rings (SSSR count). The molecule has 2 aromatic rings. The van der Waals surface area contributed by atoms with Crippen LogP contribution in [0, 0.1) is 35.0 Å². The van der Waals surface area contributed by atoms with E-state index < -0.39 is 5.60 Å². The van der Waals surface area contributed by atoms with Gasteiger partial charge >= 0.3 is 6.09 Å². The molecule has 242 valence electrons. The number of piperazine rings is 1. The first-order valence-corrected chi connectivity index (χ1v) is 17.3. The number of carbonyl (C=O) groups is 1. The van der Waals surface area contributed by atoms with E-state index in [1.54, 1.807) is 4.90 Å². The molecule has 1 saturated heterocycles. The average Bonchev–Trinajstić information content (AvgIpc) is 3.32. The largest absolute Gasteiger partial charge is 0.508 e. The van der Waals surface area contributed by atoms with Crippen molar-refractivity contribution in [3.8, 4) is 17.6 Å². The number of fused-ring (bicyclic) bond motifs is 5. The summed E-state index contributed by atoms with van der Waals surface area (Å²) in [4.78, 5) is 16.5. The molecular weight excluding hydrogens is 560 g/mol. The van der Waals surface area contributed by atoms with Crippen molar-refractivity contribution in [1.29, 1.82) is 0 Å². The van der Waals surface area contributed by atoms with Crippen molar-refractivity contribution < 1.29 is 19.7 Å². The number of rotatable bonds is 5. The van der Waals surface area contributed by atoms with Crippen molar-refractivity contribution in [2.45, 2.75) is 103 Å². The van der Waals surface area contributed by atoms with Crippen LogP contribution in [0.3, 0.4) is 0 Å². The van der Waals surface area contributed by atoms with Crippen molar-refractivity contribution in [2.24, 2.45) is 23.2 Å². The van der Waals surface area contributed by atoms with Gasteiger partial charge in [-0.25, -0.2) is 4.79 Å². The molecule has 1 heterocycles. The fraction of sp³-hybridized carbons (Fsp3) is 0.615. The number of hydrogen-bond donors (Lipinski definition) is 2. The highest BCUT2D eigenvalue weighted by Gasteiger charge is 2.56. The Balaban J connectivity index is 1.000. The van der Waals surface area contributed by atoms with Gasteiger partial charge in [-0.05, 0) is 142 Å². The van der Waals surface area contributed by atoms with Gasteiger partial charge in [0.25, 0.3) is 0 Å². The molecule has 2 aromatic carbocycles. The molecule has 0 radical (unpaired) electrons. The van der Waals surface area contributed by atoms with Crippen LogP contribution < -0.4 is 4.90 Å². The number of benzene rings is 2. The fourth-order valence-corrected chi connectivity index (χ4v) is 9.04. The third-order valence-electron chi connectivity index (χ3n) is 11.4. The third kappa shape index (κ3) is 6.85. The molecule has 0 unspecified atom stereocenters. The highest BCUT2D eigenvalue weighted by atomic mass is 16.6. The number of anilines is 1. The van der Waals surface area contributed by atoms with Gasteiger partial charge in [-0.1, -0.05) is 31.3 Å². The summed E-state index contributed by atoms with van der Waals surface area (Å²) in [5.41, 5.74) is 4.59. The standard InChI is InChI=1S/C39H52N2O4/c1-38(2,3)45-37(44)41-23-21-40(22-24-41)30-13-11-27(12-14-30)9-7-5-6-8-10-28-25-29-26-31(42)15-16-32(29)33-19-20-39(4)34(36(28)33)17-18-35(39)43/h11-16,26,28,33-36,42-43H,5-6,8,10,17-25H2,1-4H3/t28-,33-,34+,35+,36-,39+/m1/s1. The predicted octanol–water partition coefficient (Wildman–Crippen LogP) is 7.50. The number of nitrogens with zero attached hydrogens (tertiary/aromatic N) is 2. The number of amides is 1. The van der Waals surface area contributed by atoms with Crippen LogP contribution in [0.2, 0.25) is 0 Å². The summed E-state index contributed by atoms with van der Waals surface area (Å²) >= 11 is 0. The van der Waals surface area contributed by atoms with Crippen molar-refractivity contribution in [1.82, 2.24) is 4.90 Å². The molecule has 2 saturated carbocycles. The number of unbranched alkanes of at least 4 members (excludes halogenated alkanes) is 2. The van der Waals surface area contributed by atoms with Crippen molar-refractivity contribution >= 4 is 11.8 Å². The van der Waals surface area contributed by atoms with E-state index in [1.807, 2.05) is 32.9 Å². The number of phenols is 1. The Morgan fingerprint density at radius 2 is 1.78 bits per heavy atom. The maximum Gasteiger partial charge on any atom is 0.410 e. The molecule has 0 aromatic heterocycles. The topological polar surface area (TPSA) is 73.2 Å². The van der Waals surface area contributed by atoms with E-state index in [9.17, 15) is 15.0 Å². The zero-order valence-corrected chi connectivity index (χ0v) is 27.7. The van der Waals surface area contributed by atoms with Gasteiger partial charge in [-0.3, -0.25) is 0 Å². The molecule has 3 fully saturated rings. The third-order valence-corrected chi connectivity index (χ3v) is 11.4. The van der Waals surface area contributed by atoms with E-state index in [2.05, 4.69) is 54.0 Å². The number of aliphatic hydroxyl groups is 1. The normalized spacial score (nSPS) is 29.2. The van der Waals surface area contributed by atoms with Gasteiger partial charge in [-0.2, -0.15) is 0 Å². The van der Waals surface area contributed by atoms with E-state index in [1.165, 1.54) is 23.2 Å². The number of aliphatic hydroxyl groups excluding tert-OH is 1. The monoisotopic (exact) mass is 612 g/mol. The SMILES string of the molecule is CC(C)(C)OC(=O)N1CCN(c2ccc(C#CCCCC[C@@H]3Cc4cc(O)ccc4[C@H]4CC[C@]5(C)[C@@H](O)CC[C@H]5[C@H]34)cc2)CC1. The lowest BCUT2D eigenvalue weighted by molar-refractivity contribution is -0.0396. The maximum atomic E-state index is 12.4. The summed E-state index contributed by atoms with van der Waals surface area (Å²) in [6.45, 7) is 11.0. The molecule has 4 aliphatic rings. The Bertz CT molecular complexity index is 1410. The van der Waals surface area contributed by atoms with Crippen LogP contribution in [0.5, 0.6) is 5.75 Å². The lowest BCUT2D eigenvalue weighted by Gasteiger charge is -2.53. The minimum Gasteiger partial charge on any atom is -0.508 e. The molecule has 0 spiro atoms. The lowest BCUT2D eigenvalue weighted by atomic mass is 9.52. The molecule has 6 atom stereocenters. The molecule has 6 heteroatoms. The molecule has 1 aliphatic heterocycles. The Hall–Kier alpha value is -3.17. The van der Waals surface area contributed by atoms with Crippen LogP contribution in [-0.4, -0.2) is 59.1 Å². The van der Waals surface area contributed by atoms with Crippen molar-refractivity contribution in [3.63, 3.8) is 0 Å². The van der Waals surface area contributed by atoms with E-state index in [0.717, 1.165) is 70.0 Å². The summed E-state index contributed by atoms with van der Waals surface area (Å²) in [5.74, 6) is 9.54. The molecule has 1 amide bonds. The molecular formula is C39H52N2O4. The maximum absolute atomic E-state index is 12.4. The van der Waals surface area contributed by atoms with E-state index in [0.29, 0.717) is 42.5 Å². The van der Waals surface area contributed by atoms with Gasteiger partial charge in [0.1, 0.15) is 11.4 Å². The van der Waals surface area contributed by atoms with Gasteiger partial charge in [-0.15, -0.1) is 0 Å². The lowest BCUT2D eigenvalue weighted by Crippen LogP contribution is -2.50. The quantitative estimate of drug-likeness (QED) is 0.270. The number of phenolic OH excluding ortho intramolecular Hbond substituents is 1. The van der Waals surface area contributed by atoms with E-state index in [4.69, 9.17) is 4.74 Å². The first-order chi connectivity index (χ1) is 21.5. The highest BCUT2D eigenvalue weighted by molar-refractivity contribution is 5.68. The molecule has 45 heavy (non-hydrogen) atoms. The second kappa shape index (κ2) is 12.9. The van der Waals surface area contributed by atoms with Crippen LogP contribution >= 0.6 is 0 Å². The second-order valence-corrected chi connectivity index (χ2v) is 15.3. The van der Waals surface area contributed by atoms with Crippen LogP contribution in [0.1, 0.15) is 102 Å². The molecule has 3 aliphatic carbocycles. The van der Waals surface area contributed by atoms with E-state index >= 15 is 0 Å². The van der Waals surface area contributed by atoms with Crippen LogP contribution in [0.25, 0.3) is 0 Å². The van der Waals surface area contributed by atoms with Crippen LogP contribution in [0.4, 0.5) is 10.5 Å². The summed E-state index contributed by atoms with van der Waals surface area (Å²) in [7, 11) is 0. The average molecular weight is 613 g/mol. The minimum absolute atomic E-state index is 0.0588. The van der Waals surface area contributed by atoms with Gasteiger partial charge in [0.05, 0.1) is 6.10 Å². The van der Waals surface area contributed by atoms with Crippen LogP contribution in [-0.2, 0) is 11.2 Å². The summed E-state index contributed by atoms with van der Waals surface area (Å²) in [5, 5.41) is 21.2. The number of aromatic hydroxyl groups is 1. The number of hydrogen-bond acceptors (Lipinski definition) is 5. The Morgan fingerprint density at radius 3 is 2.51 bits per heavy atom. The zero-order chi connectivity index (χ0) is 31.8. The predicted molar refractivity (Wildman–Crippen MR) is 179 cm³/mol. The fourth-order valence-electron chi connectivity index (χ4n) is 9.04. The first-order valence-electron chi connectivity index (χ1n) is 17.3. The summed E-state index contributed by atoms with van der Waals surface area (Å²) in [6.07, 6.45) is 9.34. The Morgan fingerprint density at radius 1 is 1.02 bits per heavy atom. The van der Waals surface area contributed by atoms with Crippen LogP contribution in [0.15, 0.2) is 42.5 Å². The number of carbonyl (C=O) groups excluding carboxylic acids is 1. The smallest absolute Gasteiger partial charge is 0.410 e. The zero-order valence-electron chi connectivity index (χ0n) is 27.7. The minimum atomic E-state index is -0.471. The second-order valence-electron chi connectivity index (χ2n) is 15.3. The Labute approximate surface area is 270 Å². The van der Waals surface area contributed by atoms with Gasteiger partial charge in [0, 0.05) is 43.9 Å². The van der Waals surface area contributed by atoms with Gasteiger partial charge < -0.3 is 24.7 Å². The molecule has 2 N–H and O–H groups in total. The molecule has 0 bridgehead atoms. The summed E-state index contributed by atoms with van der Waals surface area (Å²) in [6, 6.07) is 14.6. The Kier molecular flexibility index (Phi) is 9.12. The summed E-state index contributed by atoms with van der Waals surface area (Å²) < 4.78 is 5.52. The van der Waals surface area contributed by atoms with Gasteiger partial charge in [0.15, 0.2) is 0 Å². The van der Waals surface area contributed by atoms with Gasteiger partial charge in [0.2, 0.25) is 0 Å². The molecule has 6 nitrogen and oxygen atoms in total. The highest BCUT2D eigenvalue weighted by Crippen LogP contribution is 2.62. The van der Waals surface area contributed by atoms with Crippen molar-refractivity contribution in [3.05, 3.63) is 59.2 Å².